The maximum atomic E-state index is 12.8. The third-order valence-corrected chi connectivity index (χ3v) is 4.42. The van der Waals surface area contributed by atoms with E-state index in [-0.39, 0.29) is 11.8 Å². The fourth-order valence-electron chi connectivity index (χ4n) is 2.89. The van der Waals surface area contributed by atoms with Crippen LogP contribution in [-0.4, -0.2) is 22.9 Å². The third-order valence-electron chi connectivity index (χ3n) is 4.42. The number of benzene rings is 3. The molecule has 0 N–H and O–H groups in total. The number of para-hydroxylation sites is 1. The number of ether oxygens (including phenoxy) is 2. The number of hydrogen-bond acceptors (Lipinski definition) is 5. The van der Waals surface area contributed by atoms with Gasteiger partial charge in [-0.3, -0.25) is 4.79 Å². The van der Waals surface area contributed by atoms with Crippen LogP contribution < -0.4 is 9.47 Å². The van der Waals surface area contributed by atoms with Crippen LogP contribution >= 0.6 is 0 Å². The lowest BCUT2D eigenvalue weighted by Gasteiger charge is -2.09. The highest BCUT2D eigenvalue weighted by atomic mass is 16.5. The molecular weight excluding hydrogens is 364 g/mol. The Labute approximate surface area is 168 Å². The van der Waals surface area contributed by atoms with Gasteiger partial charge >= 0.3 is 6.01 Å². The average molecular weight is 382 g/mol. The molecule has 0 saturated heterocycles. The number of hydrogen-bond donors (Lipinski definition) is 0. The lowest BCUT2D eigenvalue weighted by molar-refractivity contribution is 0.103. The third kappa shape index (κ3) is 4.14. The van der Waals surface area contributed by atoms with Gasteiger partial charge in [0.1, 0.15) is 11.5 Å². The van der Waals surface area contributed by atoms with Gasteiger partial charge in [-0.25, -0.2) is 9.97 Å². The van der Waals surface area contributed by atoms with E-state index in [4.69, 9.17) is 9.47 Å². The Morgan fingerprint density at radius 1 is 0.759 bits per heavy atom. The summed E-state index contributed by atoms with van der Waals surface area (Å²) in [4.78, 5) is 21.4. The standard InChI is InChI=1S/C24H18N2O3/c1-28-20-13-11-17(12-14-20)19-15-25-24(26-16-19)29-22-10-6-5-9-21(22)23(27)18-7-3-2-4-8-18/h2-16H,1H3. The summed E-state index contributed by atoms with van der Waals surface area (Å²) in [7, 11) is 1.63. The first-order valence-corrected chi connectivity index (χ1v) is 9.08. The van der Waals surface area contributed by atoms with E-state index in [9.17, 15) is 4.79 Å². The van der Waals surface area contributed by atoms with Gasteiger partial charge < -0.3 is 9.47 Å². The summed E-state index contributed by atoms with van der Waals surface area (Å²) >= 11 is 0. The Kier molecular flexibility index (Phi) is 5.29. The van der Waals surface area contributed by atoms with Crippen molar-refractivity contribution >= 4 is 5.78 Å². The van der Waals surface area contributed by atoms with Gasteiger partial charge in [0.2, 0.25) is 0 Å². The second kappa shape index (κ2) is 8.35. The van der Waals surface area contributed by atoms with Crippen molar-refractivity contribution in [2.45, 2.75) is 0 Å². The zero-order valence-corrected chi connectivity index (χ0v) is 15.8. The summed E-state index contributed by atoms with van der Waals surface area (Å²) in [6, 6.07) is 24.0. The summed E-state index contributed by atoms with van der Waals surface area (Å²) < 4.78 is 11.0. The topological polar surface area (TPSA) is 61.3 Å². The van der Waals surface area contributed by atoms with Crippen molar-refractivity contribution < 1.29 is 14.3 Å². The predicted octanol–water partition coefficient (Wildman–Crippen LogP) is 5.18. The van der Waals surface area contributed by atoms with E-state index in [0.29, 0.717) is 16.9 Å². The van der Waals surface area contributed by atoms with E-state index in [2.05, 4.69) is 9.97 Å². The molecule has 29 heavy (non-hydrogen) atoms. The van der Waals surface area contributed by atoms with E-state index in [1.165, 1.54) is 0 Å². The van der Waals surface area contributed by atoms with Crippen molar-refractivity contribution in [1.29, 1.82) is 0 Å². The van der Waals surface area contributed by atoms with Crippen LogP contribution in [0.1, 0.15) is 15.9 Å². The summed E-state index contributed by atoms with van der Waals surface area (Å²) in [5.74, 6) is 1.09. The molecular formula is C24H18N2O3. The number of methoxy groups -OCH3 is 1. The van der Waals surface area contributed by atoms with Crippen LogP contribution in [0.25, 0.3) is 11.1 Å². The van der Waals surface area contributed by atoms with Crippen LogP contribution in [0.4, 0.5) is 0 Å². The molecule has 0 aliphatic carbocycles. The lowest BCUT2D eigenvalue weighted by Crippen LogP contribution is -2.04. The summed E-state index contributed by atoms with van der Waals surface area (Å²) in [5, 5.41) is 0. The van der Waals surface area contributed by atoms with Gasteiger partial charge in [0.25, 0.3) is 0 Å². The number of ketones is 1. The SMILES string of the molecule is COc1ccc(-c2cnc(Oc3ccccc3C(=O)c3ccccc3)nc2)cc1. The number of nitrogens with zero attached hydrogens (tertiary/aromatic N) is 2. The maximum Gasteiger partial charge on any atom is 0.321 e. The fraction of sp³-hybridized carbons (Fsp3) is 0.0417. The second-order valence-electron chi connectivity index (χ2n) is 6.28. The van der Waals surface area contributed by atoms with Crippen LogP contribution in [0.5, 0.6) is 17.5 Å². The van der Waals surface area contributed by atoms with Crippen molar-refractivity contribution in [3.63, 3.8) is 0 Å². The molecule has 4 aromatic rings. The molecule has 0 radical (unpaired) electrons. The molecule has 3 aromatic carbocycles. The van der Waals surface area contributed by atoms with Crippen LogP contribution in [0.2, 0.25) is 0 Å². The minimum absolute atomic E-state index is 0.115. The Morgan fingerprint density at radius 2 is 1.41 bits per heavy atom. The van der Waals surface area contributed by atoms with Crippen LogP contribution in [0, 0.1) is 0 Å². The molecule has 1 aromatic heterocycles. The number of aromatic nitrogens is 2. The van der Waals surface area contributed by atoms with Gasteiger partial charge in [-0.1, -0.05) is 54.6 Å². The smallest absolute Gasteiger partial charge is 0.321 e. The Hall–Kier alpha value is -3.99. The van der Waals surface area contributed by atoms with Crippen molar-refractivity contribution in [3.05, 3.63) is 102 Å². The highest BCUT2D eigenvalue weighted by Crippen LogP contribution is 2.27. The molecule has 4 rings (SSSR count). The first kappa shape index (κ1) is 18.4. The van der Waals surface area contributed by atoms with Gasteiger partial charge in [0.15, 0.2) is 5.78 Å². The van der Waals surface area contributed by atoms with Crippen molar-refractivity contribution in [3.8, 4) is 28.6 Å². The minimum Gasteiger partial charge on any atom is -0.497 e. The molecule has 0 aliphatic heterocycles. The normalized spacial score (nSPS) is 10.4. The van der Waals surface area contributed by atoms with E-state index >= 15 is 0 Å². The monoisotopic (exact) mass is 382 g/mol. The maximum absolute atomic E-state index is 12.8. The van der Waals surface area contributed by atoms with Crippen molar-refractivity contribution in [2.75, 3.05) is 7.11 Å². The van der Waals surface area contributed by atoms with E-state index in [1.807, 2.05) is 48.5 Å². The second-order valence-corrected chi connectivity index (χ2v) is 6.28. The zero-order chi connectivity index (χ0) is 20.1. The largest absolute Gasteiger partial charge is 0.497 e. The predicted molar refractivity (Wildman–Crippen MR) is 110 cm³/mol. The van der Waals surface area contributed by atoms with Gasteiger partial charge in [0, 0.05) is 23.5 Å². The van der Waals surface area contributed by atoms with E-state index < -0.39 is 0 Å². The molecule has 0 atom stereocenters. The molecule has 0 fully saturated rings. The Morgan fingerprint density at radius 3 is 2.10 bits per heavy atom. The van der Waals surface area contributed by atoms with Gasteiger partial charge in [-0.15, -0.1) is 0 Å². The quantitative estimate of drug-likeness (QED) is 0.430. The Balaban J connectivity index is 1.56. The summed E-state index contributed by atoms with van der Waals surface area (Å²) in [5.41, 5.74) is 2.88. The van der Waals surface area contributed by atoms with Crippen LogP contribution in [0.3, 0.4) is 0 Å². The highest BCUT2D eigenvalue weighted by molar-refractivity contribution is 6.10. The summed E-state index contributed by atoms with van der Waals surface area (Å²) in [6.45, 7) is 0. The summed E-state index contributed by atoms with van der Waals surface area (Å²) in [6.07, 6.45) is 3.37. The molecule has 0 saturated carbocycles. The lowest BCUT2D eigenvalue weighted by atomic mass is 10.0. The molecule has 0 amide bonds. The first-order chi connectivity index (χ1) is 14.2. The fourth-order valence-corrected chi connectivity index (χ4v) is 2.89. The van der Waals surface area contributed by atoms with E-state index in [0.717, 1.165) is 16.9 Å². The number of carbonyl (C=O) groups excluding carboxylic acids is 1. The zero-order valence-electron chi connectivity index (χ0n) is 15.8. The number of rotatable bonds is 6. The molecule has 5 heteroatoms. The first-order valence-electron chi connectivity index (χ1n) is 9.08. The molecule has 0 spiro atoms. The molecule has 5 nitrogen and oxygen atoms in total. The van der Waals surface area contributed by atoms with E-state index in [1.54, 1.807) is 49.8 Å². The van der Waals surface area contributed by atoms with Gasteiger partial charge in [-0.05, 0) is 29.8 Å². The molecule has 0 unspecified atom stereocenters. The van der Waals surface area contributed by atoms with Gasteiger partial charge in [0.05, 0.1) is 12.7 Å². The van der Waals surface area contributed by atoms with Crippen molar-refractivity contribution in [2.24, 2.45) is 0 Å². The number of carbonyl (C=O) groups is 1. The van der Waals surface area contributed by atoms with Gasteiger partial charge in [-0.2, -0.15) is 0 Å². The van der Waals surface area contributed by atoms with Crippen LogP contribution in [0.15, 0.2) is 91.3 Å². The average Bonchev–Trinajstić information content (AvgIpc) is 2.80. The molecule has 0 aliphatic rings. The molecule has 1 heterocycles. The Bertz CT molecular complexity index is 1110. The minimum atomic E-state index is -0.115. The van der Waals surface area contributed by atoms with Crippen LogP contribution in [-0.2, 0) is 0 Å². The highest BCUT2D eigenvalue weighted by Gasteiger charge is 2.15. The molecule has 0 bridgehead atoms. The van der Waals surface area contributed by atoms with Crippen molar-refractivity contribution in [1.82, 2.24) is 9.97 Å². The molecule has 142 valence electrons.